The van der Waals surface area contributed by atoms with Gasteiger partial charge in [-0.25, -0.2) is 0 Å². The molecule has 0 amide bonds. The van der Waals surface area contributed by atoms with E-state index in [2.05, 4.69) is 36.1 Å². The van der Waals surface area contributed by atoms with Crippen molar-refractivity contribution in [1.82, 2.24) is 20.0 Å². The first kappa shape index (κ1) is 16.8. The number of rotatable bonds is 6. The van der Waals surface area contributed by atoms with E-state index in [-0.39, 0.29) is 0 Å². The van der Waals surface area contributed by atoms with Gasteiger partial charge in [0.1, 0.15) is 5.15 Å². The summed E-state index contributed by atoms with van der Waals surface area (Å²) in [6.45, 7) is 9.70. The molecule has 0 bridgehead atoms. The minimum absolute atomic E-state index is 0.610. The molecule has 120 valence electrons. The largest absolute Gasteiger partial charge is 0.311 e. The van der Waals surface area contributed by atoms with E-state index in [1.54, 1.807) is 4.68 Å². The smallest absolute Gasteiger partial charge is 0.131 e. The van der Waals surface area contributed by atoms with E-state index in [1.165, 1.54) is 31.2 Å². The minimum atomic E-state index is 0.610. The van der Waals surface area contributed by atoms with Crippen LogP contribution in [0.25, 0.3) is 0 Å². The second-order valence-electron chi connectivity index (χ2n) is 6.24. The minimum Gasteiger partial charge on any atom is -0.311 e. The normalized spacial score (nSPS) is 23.7. The predicted molar refractivity (Wildman–Crippen MR) is 88.8 cm³/mol. The highest BCUT2D eigenvalue weighted by molar-refractivity contribution is 6.30. The fraction of sp³-hybridized carbons (Fsp3) is 0.812. The quantitative estimate of drug-likeness (QED) is 0.876. The molecule has 1 aromatic rings. The fourth-order valence-corrected chi connectivity index (χ4v) is 3.57. The third kappa shape index (κ3) is 3.99. The van der Waals surface area contributed by atoms with Gasteiger partial charge in [0.2, 0.25) is 0 Å². The van der Waals surface area contributed by atoms with E-state index < -0.39 is 0 Å². The molecule has 2 unspecified atom stereocenters. The molecular weight excluding hydrogens is 284 g/mol. The molecule has 0 spiro atoms. The first-order valence-corrected chi connectivity index (χ1v) is 8.60. The number of hydrogen-bond donors (Lipinski definition) is 1. The Labute approximate surface area is 133 Å². The molecule has 21 heavy (non-hydrogen) atoms. The van der Waals surface area contributed by atoms with E-state index in [1.807, 2.05) is 7.05 Å². The van der Waals surface area contributed by atoms with Gasteiger partial charge >= 0.3 is 0 Å². The van der Waals surface area contributed by atoms with E-state index >= 15 is 0 Å². The van der Waals surface area contributed by atoms with Crippen molar-refractivity contribution in [3.05, 3.63) is 16.4 Å². The summed E-state index contributed by atoms with van der Waals surface area (Å²) < 4.78 is 1.78. The number of aromatic nitrogens is 2. The average Bonchev–Trinajstić information content (AvgIpc) is 2.69. The van der Waals surface area contributed by atoms with Gasteiger partial charge < -0.3 is 5.32 Å². The van der Waals surface area contributed by atoms with E-state index in [9.17, 15) is 0 Å². The topological polar surface area (TPSA) is 33.1 Å². The summed E-state index contributed by atoms with van der Waals surface area (Å²) in [5.74, 6) is 0. The SMILES string of the molecule is CCCC1CN(Cc2c(C)nn(C)c2Cl)C(CCC)CN1. The number of halogens is 1. The van der Waals surface area contributed by atoms with Gasteiger partial charge in [0.05, 0.1) is 5.69 Å². The van der Waals surface area contributed by atoms with Crippen LogP contribution in [0.3, 0.4) is 0 Å². The number of hydrogen-bond acceptors (Lipinski definition) is 3. The van der Waals surface area contributed by atoms with E-state index in [4.69, 9.17) is 11.6 Å². The van der Waals surface area contributed by atoms with Crippen LogP contribution in [0, 0.1) is 6.92 Å². The molecule has 2 heterocycles. The fourth-order valence-electron chi connectivity index (χ4n) is 3.34. The Balaban J connectivity index is 2.11. The Morgan fingerprint density at radius 3 is 2.57 bits per heavy atom. The van der Waals surface area contributed by atoms with Gasteiger partial charge in [-0.05, 0) is 19.8 Å². The highest BCUT2D eigenvalue weighted by Gasteiger charge is 2.28. The summed E-state index contributed by atoms with van der Waals surface area (Å²) in [7, 11) is 1.92. The molecule has 0 radical (unpaired) electrons. The third-order valence-electron chi connectivity index (χ3n) is 4.50. The Morgan fingerprint density at radius 1 is 1.29 bits per heavy atom. The van der Waals surface area contributed by atoms with Crippen molar-refractivity contribution in [2.24, 2.45) is 7.05 Å². The summed E-state index contributed by atoms with van der Waals surface area (Å²) in [5.41, 5.74) is 2.25. The molecule has 2 atom stereocenters. The van der Waals surface area contributed by atoms with Crippen molar-refractivity contribution in [1.29, 1.82) is 0 Å². The van der Waals surface area contributed by atoms with Crippen LogP contribution in [0.1, 0.15) is 50.8 Å². The van der Waals surface area contributed by atoms with Crippen LogP contribution in [0.2, 0.25) is 5.15 Å². The predicted octanol–water partition coefficient (Wildman–Crippen LogP) is 3.12. The monoisotopic (exact) mass is 312 g/mol. The molecular formula is C16H29ClN4. The number of piperazine rings is 1. The Kier molecular flexibility index (Phi) is 6.08. The molecule has 0 aromatic carbocycles. The Bertz CT molecular complexity index is 457. The van der Waals surface area contributed by atoms with Crippen molar-refractivity contribution in [2.45, 2.75) is 65.1 Å². The first-order chi connectivity index (χ1) is 10.1. The highest BCUT2D eigenvalue weighted by atomic mass is 35.5. The van der Waals surface area contributed by atoms with Gasteiger partial charge in [0, 0.05) is 44.3 Å². The van der Waals surface area contributed by atoms with Crippen LogP contribution >= 0.6 is 11.6 Å². The van der Waals surface area contributed by atoms with Gasteiger partial charge in [-0.2, -0.15) is 5.10 Å². The summed E-state index contributed by atoms with van der Waals surface area (Å²) in [5, 5.41) is 8.94. The maximum Gasteiger partial charge on any atom is 0.131 e. The molecule has 4 nitrogen and oxygen atoms in total. The second-order valence-corrected chi connectivity index (χ2v) is 6.60. The summed E-state index contributed by atoms with van der Waals surface area (Å²) in [6, 6.07) is 1.22. The van der Waals surface area contributed by atoms with E-state index in [0.717, 1.165) is 30.5 Å². The van der Waals surface area contributed by atoms with Gasteiger partial charge in [-0.15, -0.1) is 0 Å². The third-order valence-corrected chi connectivity index (χ3v) is 4.98. The molecule has 1 N–H and O–H groups in total. The van der Waals surface area contributed by atoms with Crippen LogP contribution in [-0.4, -0.2) is 39.9 Å². The number of nitrogens with one attached hydrogen (secondary N) is 1. The molecule has 1 aliphatic rings. The zero-order valence-electron chi connectivity index (χ0n) is 13.8. The molecule has 1 aliphatic heterocycles. The van der Waals surface area contributed by atoms with Crippen molar-refractivity contribution >= 4 is 11.6 Å². The van der Waals surface area contributed by atoms with Gasteiger partial charge in [0.15, 0.2) is 0 Å². The van der Waals surface area contributed by atoms with Crippen molar-refractivity contribution in [3.63, 3.8) is 0 Å². The standard InChI is InChI=1S/C16H29ClN4/c1-5-7-13-10-21(14(8-6-2)9-18-13)11-15-12(3)19-20(4)16(15)17/h13-14,18H,5-11H2,1-4H3. The highest BCUT2D eigenvalue weighted by Crippen LogP contribution is 2.24. The van der Waals surface area contributed by atoms with E-state index in [0.29, 0.717) is 12.1 Å². The van der Waals surface area contributed by atoms with Crippen molar-refractivity contribution in [2.75, 3.05) is 13.1 Å². The van der Waals surface area contributed by atoms with Gasteiger partial charge in [-0.3, -0.25) is 9.58 Å². The molecule has 1 fully saturated rings. The molecule has 5 heteroatoms. The van der Waals surface area contributed by atoms with Gasteiger partial charge in [-0.1, -0.05) is 38.3 Å². The molecule has 0 saturated carbocycles. The molecule has 1 aromatic heterocycles. The molecule has 0 aliphatic carbocycles. The summed E-state index contributed by atoms with van der Waals surface area (Å²) in [4.78, 5) is 2.61. The van der Waals surface area contributed by atoms with Crippen LogP contribution in [0.15, 0.2) is 0 Å². The Hall–Kier alpha value is -0.580. The lowest BCUT2D eigenvalue weighted by molar-refractivity contribution is 0.111. The maximum absolute atomic E-state index is 6.41. The van der Waals surface area contributed by atoms with Crippen LogP contribution in [0.4, 0.5) is 0 Å². The maximum atomic E-state index is 6.41. The second kappa shape index (κ2) is 7.61. The average molecular weight is 313 g/mol. The first-order valence-electron chi connectivity index (χ1n) is 8.22. The van der Waals surface area contributed by atoms with Crippen molar-refractivity contribution < 1.29 is 0 Å². The van der Waals surface area contributed by atoms with Crippen LogP contribution in [0.5, 0.6) is 0 Å². The zero-order valence-corrected chi connectivity index (χ0v) is 14.6. The van der Waals surface area contributed by atoms with Crippen molar-refractivity contribution in [3.8, 4) is 0 Å². The van der Waals surface area contributed by atoms with Gasteiger partial charge in [0.25, 0.3) is 0 Å². The Morgan fingerprint density at radius 2 is 2.00 bits per heavy atom. The lowest BCUT2D eigenvalue weighted by Crippen LogP contribution is -2.55. The zero-order chi connectivity index (χ0) is 15.4. The lowest BCUT2D eigenvalue weighted by atomic mass is 10.0. The molecule has 1 saturated heterocycles. The van der Waals surface area contributed by atoms with Crippen LogP contribution < -0.4 is 5.32 Å². The number of aryl methyl sites for hydroxylation is 2. The summed E-state index contributed by atoms with van der Waals surface area (Å²) >= 11 is 6.41. The lowest BCUT2D eigenvalue weighted by Gasteiger charge is -2.40. The number of nitrogens with zero attached hydrogens (tertiary/aromatic N) is 3. The van der Waals surface area contributed by atoms with Crippen LogP contribution in [-0.2, 0) is 13.6 Å². The molecule has 2 rings (SSSR count). The summed E-state index contributed by atoms with van der Waals surface area (Å²) in [6.07, 6.45) is 4.94.